The molecule has 19 heavy (non-hydrogen) atoms. The van der Waals surface area contributed by atoms with Crippen LogP contribution in [0.25, 0.3) is 11.3 Å². The summed E-state index contributed by atoms with van der Waals surface area (Å²) in [6.07, 6.45) is 0. The molecule has 6 heteroatoms. The molecule has 0 radical (unpaired) electrons. The van der Waals surface area contributed by atoms with Crippen LogP contribution >= 0.6 is 22.6 Å². The highest BCUT2D eigenvalue weighted by Crippen LogP contribution is 2.24. The molecule has 0 unspecified atom stereocenters. The lowest BCUT2D eigenvalue weighted by Gasteiger charge is -2.05. The molecule has 0 amide bonds. The van der Waals surface area contributed by atoms with Crippen molar-refractivity contribution < 1.29 is 18.0 Å². The third-order valence-corrected chi connectivity index (χ3v) is 3.38. The lowest BCUT2D eigenvalue weighted by atomic mass is 10.1. The van der Waals surface area contributed by atoms with Crippen LogP contribution in [-0.4, -0.2) is 11.0 Å². The number of pyridine rings is 1. The fraction of sp³-hybridized carbons (Fsp3) is 0.0769. The molecule has 1 aromatic heterocycles. The van der Waals surface area contributed by atoms with Gasteiger partial charge in [-0.1, -0.05) is 46.9 Å². The van der Waals surface area contributed by atoms with E-state index in [4.69, 9.17) is 0 Å². The van der Waals surface area contributed by atoms with E-state index in [-0.39, 0.29) is 11.3 Å². The van der Waals surface area contributed by atoms with Gasteiger partial charge in [-0.3, -0.25) is 4.79 Å². The van der Waals surface area contributed by atoms with Crippen LogP contribution in [0, 0.1) is 11.6 Å². The molecular formula is C13H7F3INO. The molecule has 1 aromatic carbocycles. The molecule has 0 N–H and O–H groups in total. The summed E-state index contributed by atoms with van der Waals surface area (Å²) in [6.45, 7) is 0. The van der Waals surface area contributed by atoms with Gasteiger partial charge >= 0.3 is 6.04 Å². The second-order valence-corrected chi connectivity index (χ2v) is 4.52. The van der Waals surface area contributed by atoms with Crippen LogP contribution in [0.15, 0.2) is 30.3 Å². The molecule has 98 valence electrons. The zero-order valence-electron chi connectivity index (χ0n) is 9.46. The number of carbonyl (C=O) groups excluding carboxylic acids is 1. The Kier molecular flexibility index (Phi) is 4.18. The first-order valence-electron chi connectivity index (χ1n) is 5.24. The molecule has 0 saturated carbocycles. The Morgan fingerprint density at radius 3 is 2.37 bits per heavy atom. The summed E-state index contributed by atoms with van der Waals surface area (Å²) in [6, 6.07) is 5.09. The molecule has 2 aromatic rings. The average molecular weight is 377 g/mol. The number of carbonyl (C=O) groups is 1. The van der Waals surface area contributed by atoms with Gasteiger partial charge in [-0.2, -0.15) is 4.39 Å². The fourth-order valence-electron chi connectivity index (χ4n) is 1.54. The van der Waals surface area contributed by atoms with Crippen LogP contribution in [0.5, 0.6) is 0 Å². The molecule has 0 fully saturated rings. The van der Waals surface area contributed by atoms with E-state index in [1.54, 1.807) is 24.3 Å². The Balaban J connectivity index is 2.56. The fourth-order valence-corrected chi connectivity index (χ4v) is 2.05. The predicted molar refractivity (Wildman–Crippen MR) is 72.8 cm³/mol. The second-order valence-electron chi connectivity index (χ2n) is 3.76. The lowest BCUT2D eigenvalue weighted by Crippen LogP contribution is -2.02. The summed E-state index contributed by atoms with van der Waals surface area (Å²) in [4.78, 5) is 14.1. The Hall–Kier alpha value is -1.44. The summed E-state index contributed by atoms with van der Waals surface area (Å²) < 4.78 is 40.3. The molecule has 0 atom stereocenters. The van der Waals surface area contributed by atoms with Gasteiger partial charge in [0, 0.05) is 16.1 Å². The zero-order chi connectivity index (χ0) is 14.0. The number of halogens is 4. The molecule has 0 bridgehead atoms. The topological polar surface area (TPSA) is 30.0 Å². The summed E-state index contributed by atoms with van der Waals surface area (Å²) in [7, 11) is 0. The average Bonchev–Trinajstić information content (AvgIpc) is 2.41. The minimum absolute atomic E-state index is 0.285. The zero-order valence-corrected chi connectivity index (χ0v) is 11.6. The largest absolute Gasteiger partial charge is 0.350 e. The maximum Gasteiger partial charge on any atom is 0.350 e. The summed E-state index contributed by atoms with van der Waals surface area (Å²) in [5.41, 5.74) is 0.170. The van der Waals surface area contributed by atoms with E-state index in [1.807, 2.05) is 0 Å². The first-order valence-corrected chi connectivity index (χ1v) is 6.76. The molecule has 0 aliphatic carbocycles. The van der Waals surface area contributed by atoms with Crippen LogP contribution < -0.4 is 0 Å². The van der Waals surface area contributed by atoms with Gasteiger partial charge < -0.3 is 0 Å². The SMILES string of the molecule is O=C(F)c1cc(F)c(F)c(-c2ccc(CI)cc2)n1. The van der Waals surface area contributed by atoms with Gasteiger partial charge in [0.1, 0.15) is 11.4 Å². The number of aromatic nitrogens is 1. The predicted octanol–water partition coefficient (Wildman–Crippen LogP) is 4.07. The van der Waals surface area contributed by atoms with Gasteiger partial charge in [0.2, 0.25) is 0 Å². The van der Waals surface area contributed by atoms with Crippen molar-refractivity contribution in [3.05, 3.63) is 53.2 Å². The van der Waals surface area contributed by atoms with Crippen molar-refractivity contribution in [1.82, 2.24) is 4.98 Å². The van der Waals surface area contributed by atoms with E-state index in [0.29, 0.717) is 6.07 Å². The van der Waals surface area contributed by atoms with Crippen molar-refractivity contribution in [2.45, 2.75) is 4.43 Å². The monoisotopic (exact) mass is 377 g/mol. The number of hydrogen-bond acceptors (Lipinski definition) is 2. The van der Waals surface area contributed by atoms with Crippen LogP contribution in [0.2, 0.25) is 0 Å². The first-order chi connectivity index (χ1) is 9.02. The lowest BCUT2D eigenvalue weighted by molar-refractivity contribution is 0.0829. The second kappa shape index (κ2) is 5.68. The van der Waals surface area contributed by atoms with Gasteiger partial charge in [0.25, 0.3) is 0 Å². The highest BCUT2D eigenvalue weighted by molar-refractivity contribution is 14.1. The number of alkyl halides is 1. The molecule has 0 saturated heterocycles. The van der Waals surface area contributed by atoms with Gasteiger partial charge in [-0.25, -0.2) is 13.8 Å². The minimum atomic E-state index is -1.90. The first kappa shape index (κ1) is 14.0. The van der Waals surface area contributed by atoms with Gasteiger partial charge in [0.05, 0.1) is 0 Å². The van der Waals surface area contributed by atoms with Crippen molar-refractivity contribution in [2.75, 3.05) is 0 Å². The van der Waals surface area contributed by atoms with E-state index in [9.17, 15) is 18.0 Å². The van der Waals surface area contributed by atoms with E-state index in [1.165, 1.54) is 0 Å². The van der Waals surface area contributed by atoms with E-state index in [0.717, 1.165) is 9.99 Å². The third-order valence-electron chi connectivity index (χ3n) is 2.50. The molecular weight excluding hydrogens is 370 g/mol. The van der Waals surface area contributed by atoms with Gasteiger partial charge in [-0.15, -0.1) is 0 Å². The van der Waals surface area contributed by atoms with E-state index >= 15 is 0 Å². The quantitative estimate of drug-likeness (QED) is 0.459. The van der Waals surface area contributed by atoms with Crippen molar-refractivity contribution in [3.63, 3.8) is 0 Å². The van der Waals surface area contributed by atoms with Gasteiger partial charge in [-0.05, 0) is 5.56 Å². The Bertz CT molecular complexity index is 629. The Morgan fingerprint density at radius 1 is 1.21 bits per heavy atom. The summed E-state index contributed by atoms with van der Waals surface area (Å²) in [5.74, 6) is -2.50. The third kappa shape index (κ3) is 2.94. The summed E-state index contributed by atoms with van der Waals surface area (Å²) in [5, 5.41) is 0. The Morgan fingerprint density at radius 2 is 1.84 bits per heavy atom. The summed E-state index contributed by atoms with van der Waals surface area (Å²) >= 11 is 2.16. The minimum Gasteiger partial charge on any atom is -0.254 e. The van der Waals surface area contributed by atoms with Crippen molar-refractivity contribution in [3.8, 4) is 11.3 Å². The van der Waals surface area contributed by atoms with Crippen LogP contribution in [0.4, 0.5) is 13.2 Å². The number of nitrogens with zero attached hydrogens (tertiary/aromatic N) is 1. The number of hydrogen-bond donors (Lipinski definition) is 0. The molecule has 2 rings (SSSR count). The van der Waals surface area contributed by atoms with Crippen molar-refractivity contribution in [2.24, 2.45) is 0 Å². The van der Waals surface area contributed by atoms with E-state index < -0.39 is 23.4 Å². The molecule has 2 nitrogen and oxygen atoms in total. The highest BCUT2D eigenvalue weighted by atomic mass is 127. The molecule has 0 aliphatic rings. The van der Waals surface area contributed by atoms with Crippen LogP contribution in [-0.2, 0) is 4.43 Å². The van der Waals surface area contributed by atoms with Crippen LogP contribution in [0.1, 0.15) is 16.1 Å². The van der Waals surface area contributed by atoms with Gasteiger partial charge in [0.15, 0.2) is 11.6 Å². The smallest absolute Gasteiger partial charge is 0.254 e. The maximum absolute atomic E-state index is 13.6. The molecule has 0 spiro atoms. The number of rotatable bonds is 3. The van der Waals surface area contributed by atoms with E-state index in [2.05, 4.69) is 27.6 Å². The normalized spacial score (nSPS) is 10.5. The Labute approximate surface area is 120 Å². The van der Waals surface area contributed by atoms with Crippen molar-refractivity contribution in [1.29, 1.82) is 0 Å². The number of benzene rings is 1. The maximum atomic E-state index is 13.6. The van der Waals surface area contributed by atoms with Crippen molar-refractivity contribution >= 4 is 28.6 Å². The standard InChI is InChI=1S/C13H7F3INO/c14-9-5-10(13(16)19)18-12(11(9)15)8-3-1-7(6-17)2-4-8/h1-5H,6H2. The van der Waals surface area contributed by atoms with Crippen LogP contribution in [0.3, 0.4) is 0 Å². The molecule has 0 aliphatic heterocycles. The molecule has 1 heterocycles. The highest BCUT2D eigenvalue weighted by Gasteiger charge is 2.17.